The van der Waals surface area contributed by atoms with Crippen LogP contribution >= 0.6 is 0 Å². The van der Waals surface area contributed by atoms with Crippen LogP contribution < -0.4 is 10.1 Å². The number of methoxy groups -OCH3 is 1. The maximum Gasteiger partial charge on any atom is 0.307 e. The number of benzene rings is 1. The van der Waals surface area contributed by atoms with Crippen LogP contribution in [0.3, 0.4) is 0 Å². The largest absolute Gasteiger partial charge is 0.497 e. The van der Waals surface area contributed by atoms with Gasteiger partial charge >= 0.3 is 5.97 Å². The van der Waals surface area contributed by atoms with Crippen molar-refractivity contribution in [3.63, 3.8) is 0 Å². The molecule has 3 rings (SSSR count). The van der Waals surface area contributed by atoms with Crippen LogP contribution in [0.15, 0.2) is 24.3 Å². The summed E-state index contributed by atoms with van der Waals surface area (Å²) in [6, 6.07) is 7.39. The average Bonchev–Trinajstić information content (AvgIpc) is 3.15. The van der Waals surface area contributed by atoms with Gasteiger partial charge in [-0.1, -0.05) is 12.1 Å². The van der Waals surface area contributed by atoms with E-state index in [1.807, 2.05) is 31.2 Å². The van der Waals surface area contributed by atoms with Crippen molar-refractivity contribution in [3.05, 3.63) is 29.8 Å². The van der Waals surface area contributed by atoms with E-state index in [0.29, 0.717) is 0 Å². The van der Waals surface area contributed by atoms with Crippen molar-refractivity contribution in [2.24, 2.45) is 23.7 Å². The molecule has 2 saturated carbocycles. The quantitative estimate of drug-likeness (QED) is 0.875. The third-order valence-corrected chi connectivity index (χ3v) is 5.48. The molecule has 2 fully saturated rings. The van der Waals surface area contributed by atoms with Gasteiger partial charge in [-0.05, 0) is 55.7 Å². The Balaban J connectivity index is 1.69. The van der Waals surface area contributed by atoms with Gasteiger partial charge in [0.2, 0.25) is 5.91 Å². The number of nitrogens with one attached hydrogen (secondary N) is 1. The van der Waals surface area contributed by atoms with Gasteiger partial charge in [-0.3, -0.25) is 9.59 Å². The van der Waals surface area contributed by atoms with Crippen molar-refractivity contribution in [2.45, 2.75) is 32.2 Å². The van der Waals surface area contributed by atoms with Crippen molar-refractivity contribution >= 4 is 11.9 Å². The van der Waals surface area contributed by atoms with Crippen LogP contribution in [-0.2, 0) is 9.59 Å². The van der Waals surface area contributed by atoms with Gasteiger partial charge < -0.3 is 15.2 Å². The number of rotatable bonds is 5. The summed E-state index contributed by atoms with van der Waals surface area (Å²) in [4.78, 5) is 24.2. The molecule has 0 saturated heterocycles. The lowest BCUT2D eigenvalue weighted by molar-refractivity contribution is -0.149. The third kappa shape index (κ3) is 2.92. The number of hydrogen-bond donors (Lipinski definition) is 2. The molecule has 2 N–H and O–H groups in total. The van der Waals surface area contributed by atoms with E-state index >= 15 is 0 Å². The van der Waals surface area contributed by atoms with Gasteiger partial charge in [0.1, 0.15) is 5.75 Å². The second-order valence-corrected chi connectivity index (χ2v) is 6.73. The number of hydrogen-bond acceptors (Lipinski definition) is 3. The Morgan fingerprint density at radius 1 is 1.17 bits per heavy atom. The zero-order chi connectivity index (χ0) is 16.6. The van der Waals surface area contributed by atoms with Crippen molar-refractivity contribution in [1.29, 1.82) is 0 Å². The van der Waals surface area contributed by atoms with Crippen LogP contribution in [0.25, 0.3) is 0 Å². The van der Waals surface area contributed by atoms with Gasteiger partial charge in [0.25, 0.3) is 0 Å². The Morgan fingerprint density at radius 3 is 2.35 bits per heavy atom. The highest BCUT2D eigenvalue weighted by Crippen LogP contribution is 2.52. The summed E-state index contributed by atoms with van der Waals surface area (Å²) in [5.41, 5.74) is 0.981. The highest BCUT2D eigenvalue weighted by atomic mass is 16.5. The Bertz CT molecular complexity index is 598. The average molecular weight is 317 g/mol. The van der Waals surface area contributed by atoms with E-state index in [4.69, 9.17) is 4.74 Å². The summed E-state index contributed by atoms with van der Waals surface area (Å²) in [5, 5.41) is 12.5. The maximum absolute atomic E-state index is 12.7. The highest BCUT2D eigenvalue weighted by molar-refractivity contribution is 5.86. The molecule has 5 atom stereocenters. The van der Waals surface area contributed by atoms with E-state index in [-0.39, 0.29) is 29.7 Å². The highest BCUT2D eigenvalue weighted by Gasteiger charge is 2.54. The van der Waals surface area contributed by atoms with Crippen molar-refractivity contribution in [1.82, 2.24) is 5.32 Å². The molecule has 1 aromatic carbocycles. The minimum absolute atomic E-state index is 0.118. The number of carboxylic acid groups (broad SMARTS) is 1. The van der Waals surface area contributed by atoms with Gasteiger partial charge in [-0.2, -0.15) is 0 Å². The monoisotopic (exact) mass is 317 g/mol. The Kier molecular flexibility index (Phi) is 4.28. The molecular formula is C18H23NO4. The fourth-order valence-electron chi connectivity index (χ4n) is 4.31. The smallest absolute Gasteiger partial charge is 0.307 e. The first-order chi connectivity index (χ1) is 11.0. The van der Waals surface area contributed by atoms with Crippen LogP contribution in [0.5, 0.6) is 5.75 Å². The first kappa shape index (κ1) is 15.8. The molecule has 23 heavy (non-hydrogen) atoms. The number of amides is 1. The summed E-state index contributed by atoms with van der Waals surface area (Å²) in [6.45, 7) is 1.92. The van der Waals surface area contributed by atoms with E-state index in [1.54, 1.807) is 7.11 Å². The molecule has 0 heterocycles. The van der Waals surface area contributed by atoms with E-state index < -0.39 is 11.9 Å². The van der Waals surface area contributed by atoms with Crippen molar-refractivity contribution in [2.75, 3.05) is 7.11 Å². The maximum atomic E-state index is 12.7. The normalized spacial score (nSPS) is 30.0. The van der Waals surface area contributed by atoms with Gasteiger partial charge in [0.05, 0.1) is 25.0 Å². The lowest BCUT2D eigenvalue weighted by Crippen LogP contribution is -2.42. The molecular weight excluding hydrogens is 294 g/mol. The van der Waals surface area contributed by atoms with Crippen LogP contribution in [0, 0.1) is 23.7 Å². The van der Waals surface area contributed by atoms with Crippen LogP contribution in [0.4, 0.5) is 0 Å². The molecule has 124 valence electrons. The molecule has 1 amide bonds. The Hall–Kier alpha value is -2.04. The molecule has 2 aliphatic carbocycles. The fraction of sp³-hybridized carbons (Fsp3) is 0.556. The second kappa shape index (κ2) is 6.22. The zero-order valence-electron chi connectivity index (χ0n) is 13.5. The Labute approximate surface area is 136 Å². The molecule has 1 aromatic rings. The van der Waals surface area contributed by atoms with Gasteiger partial charge in [0, 0.05) is 0 Å². The van der Waals surface area contributed by atoms with E-state index in [2.05, 4.69) is 5.32 Å². The molecule has 5 heteroatoms. The minimum atomic E-state index is -0.825. The molecule has 0 unspecified atom stereocenters. The summed E-state index contributed by atoms with van der Waals surface area (Å²) >= 11 is 0. The lowest BCUT2D eigenvalue weighted by atomic mass is 9.78. The number of ether oxygens (including phenoxy) is 1. The number of fused-ring (bicyclic) bond motifs is 2. The molecule has 0 spiro atoms. The number of carbonyl (C=O) groups is 2. The second-order valence-electron chi connectivity index (χ2n) is 6.73. The predicted molar refractivity (Wildman–Crippen MR) is 85.0 cm³/mol. The van der Waals surface area contributed by atoms with E-state index in [0.717, 1.165) is 30.6 Å². The zero-order valence-corrected chi connectivity index (χ0v) is 13.5. The standard InChI is InChI=1S/C18H23NO4/c1-10(11-5-7-14(23-2)8-6-11)19-17(20)15-12-3-4-13(9-12)16(15)18(21)22/h5-8,10,12-13,15-16H,3-4,9H2,1-2H3,(H,19,20)(H,21,22)/t10-,12+,13+,15+,16+/m1/s1. The molecule has 0 aliphatic heterocycles. The van der Waals surface area contributed by atoms with Gasteiger partial charge in [-0.25, -0.2) is 0 Å². The topological polar surface area (TPSA) is 75.6 Å². The molecule has 2 bridgehead atoms. The summed E-state index contributed by atoms with van der Waals surface area (Å²) in [5.74, 6) is -0.675. The van der Waals surface area contributed by atoms with Crippen LogP contribution in [0.2, 0.25) is 0 Å². The lowest BCUT2D eigenvalue weighted by Gasteiger charge is -2.28. The first-order valence-electron chi connectivity index (χ1n) is 8.18. The summed E-state index contributed by atoms with van der Waals surface area (Å²) in [6.07, 6.45) is 2.80. The van der Waals surface area contributed by atoms with Crippen LogP contribution in [0.1, 0.15) is 37.8 Å². The van der Waals surface area contributed by atoms with Gasteiger partial charge in [0.15, 0.2) is 0 Å². The molecule has 2 aliphatic rings. The molecule has 5 nitrogen and oxygen atoms in total. The molecule has 0 radical (unpaired) electrons. The third-order valence-electron chi connectivity index (χ3n) is 5.48. The number of aliphatic carboxylic acids is 1. The molecule has 0 aromatic heterocycles. The first-order valence-corrected chi connectivity index (χ1v) is 8.18. The van der Waals surface area contributed by atoms with Crippen LogP contribution in [-0.4, -0.2) is 24.1 Å². The number of carboxylic acids is 1. The van der Waals surface area contributed by atoms with Crippen molar-refractivity contribution < 1.29 is 19.4 Å². The van der Waals surface area contributed by atoms with E-state index in [9.17, 15) is 14.7 Å². The van der Waals surface area contributed by atoms with Gasteiger partial charge in [-0.15, -0.1) is 0 Å². The minimum Gasteiger partial charge on any atom is -0.497 e. The SMILES string of the molecule is COc1ccc([C@@H](C)NC(=O)[C@H]2[C@H]3CC[C@@H](C3)[C@@H]2C(=O)O)cc1. The predicted octanol–water partition coefficient (Wildman–Crippen LogP) is 2.62. The van der Waals surface area contributed by atoms with Crippen molar-refractivity contribution in [3.8, 4) is 5.75 Å². The van der Waals surface area contributed by atoms with E-state index in [1.165, 1.54) is 0 Å². The summed E-state index contributed by atoms with van der Waals surface area (Å²) < 4.78 is 5.13. The fourth-order valence-corrected chi connectivity index (χ4v) is 4.31. The number of carbonyl (C=O) groups excluding carboxylic acids is 1. The Morgan fingerprint density at radius 2 is 1.78 bits per heavy atom. The summed E-state index contributed by atoms with van der Waals surface area (Å²) in [7, 11) is 1.61.